The molecule has 0 aliphatic heterocycles. The van der Waals surface area contributed by atoms with Crippen LogP contribution in [-0.4, -0.2) is 44.6 Å². The van der Waals surface area contributed by atoms with Crippen LogP contribution in [0.3, 0.4) is 0 Å². The molecule has 0 aliphatic carbocycles. The van der Waals surface area contributed by atoms with Gasteiger partial charge in [0.2, 0.25) is 5.88 Å². The van der Waals surface area contributed by atoms with Crippen LogP contribution in [0.1, 0.15) is 49.3 Å². The fourth-order valence-corrected chi connectivity index (χ4v) is 3.10. The van der Waals surface area contributed by atoms with Gasteiger partial charge in [-0.05, 0) is 35.2 Å². The summed E-state index contributed by atoms with van der Waals surface area (Å²) in [6.45, 7) is 5.54. The lowest BCUT2D eigenvalue weighted by atomic mass is 9.90. The molecule has 0 unspecified atom stereocenters. The predicted molar refractivity (Wildman–Crippen MR) is 123 cm³/mol. The van der Waals surface area contributed by atoms with Crippen molar-refractivity contribution in [3.63, 3.8) is 0 Å². The third-order valence-electron chi connectivity index (χ3n) is 5.26. The third-order valence-corrected chi connectivity index (χ3v) is 5.26. The molecule has 0 aliphatic rings. The number of halogens is 1. The van der Waals surface area contributed by atoms with E-state index in [1.54, 1.807) is 30.3 Å². The quantitative estimate of drug-likeness (QED) is 0.440. The second-order valence-corrected chi connectivity index (χ2v) is 8.98. The van der Waals surface area contributed by atoms with Gasteiger partial charge in [0.15, 0.2) is 5.69 Å². The maximum absolute atomic E-state index is 13.4. The molecule has 1 heterocycles. The molecule has 8 nitrogen and oxygen atoms in total. The number of nitrogens with zero attached hydrogens (tertiary/aromatic N) is 2. The average Bonchev–Trinajstić information content (AvgIpc) is 3.21. The zero-order valence-corrected chi connectivity index (χ0v) is 19.2. The van der Waals surface area contributed by atoms with E-state index in [9.17, 15) is 24.2 Å². The van der Waals surface area contributed by atoms with Gasteiger partial charge in [0.25, 0.3) is 5.91 Å². The van der Waals surface area contributed by atoms with Crippen LogP contribution in [0.5, 0.6) is 5.88 Å². The molecule has 3 N–H and O–H groups in total. The third kappa shape index (κ3) is 6.41. The second-order valence-electron chi connectivity index (χ2n) is 8.98. The number of aromatic nitrogens is 2. The number of ether oxygens (including phenoxy) is 1. The summed E-state index contributed by atoms with van der Waals surface area (Å²) in [6.07, 6.45) is -1.10. The van der Waals surface area contributed by atoms with Crippen molar-refractivity contribution in [2.24, 2.45) is 5.41 Å². The minimum absolute atomic E-state index is 0.0177. The highest BCUT2D eigenvalue weighted by Gasteiger charge is 2.25. The molecule has 0 spiro atoms. The molecule has 0 saturated heterocycles. The second kappa shape index (κ2) is 10.5. The van der Waals surface area contributed by atoms with E-state index in [0.29, 0.717) is 11.3 Å². The molecule has 1 aromatic heterocycles. The Hall–Kier alpha value is -3.72. The summed E-state index contributed by atoms with van der Waals surface area (Å²) in [4.78, 5) is 24.4. The van der Waals surface area contributed by atoms with Gasteiger partial charge >= 0.3 is 5.97 Å². The number of aliphatic carboxylic acids is 1. The molecule has 0 bridgehead atoms. The van der Waals surface area contributed by atoms with Crippen LogP contribution in [0, 0.1) is 11.2 Å². The fraction of sp³-hybridized carbons (Fsp3) is 0.320. The molecule has 2 aromatic carbocycles. The summed E-state index contributed by atoms with van der Waals surface area (Å²) in [7, 11) is 0. The minimum atomic E-state index is -1.06. The van der Waals surface area contributed by atoms with E-state index in [4.69, 9.17) is 4.74 Å². The minimum Gasteiger partial charge on any atom is -0.481 e. The topological polar surface area (TPSA) is 114 Å². The van der Waals surface area contributed by atoms with Crippen LogP contribution < -0.4 is 10.1 Å². The van der Waals surface area contributed by atoms with Gasteiger partial charge in [-0.3, -0.25) is 9.59 Å². The summed E-state index contributed by atoms with van der Waals surface area (Å²) < 4.78 is 20.5. The number of aliphatic hydroxyl groups is 1. The first-order chi connectivity index (χ1) is 16.0. The Morgan fingerprint density at radius 1 is 1.12 bits per heavy atom. The van der Waals surface area contributed by atoms with E-state index >= 15 is 0 Å². The highest BCUT2D eigenvalue weighted by atomic mass is 19.1. The number of hydrogen-bond acceptors (Lipinski definition) is 5. The SMILES string of the molecule is CC(C)(C)[C@H](O)COc1cc(C(=O)N[C@@H](CC(=O)O)c2ccccc2)nn1-c1ccc(F)cc1. The van der Waals surface area contributed by atoms with Gasteiger partial charge in [-0.15, -0.1) is 0 Å². The molecule has 34 heavy (non-hydrogen) atoms. The van der Waals surface area contributed by atoms with Crippen LogP contribution in [0.4, 0.5) is 4.39 Å². The molecule has 2 atom stereocenters. The zero-order valence-electron chi connectivity index (χ0n) is 19.2. The summed E-state index contributed by atoms with van der Waals surface area (Å²) in [5.74, 6) is -1.92. The molecular formula is C25H28FN3O5. The summed E-state index contributed by atoms with van der Waals surface area (Å²) in [6, 6.07) is 14.9. The van der Waals surface area contributed by atoms with E-state index in [1.807, 2.05) is 20.8 Å². The van der Waals surface area contributed by atoms with E-state index in [0.717, 1.165) is 0 Å². The van der Waals surface area contributed by atoms with Crippen molar-refractivity contribution in [3.8, 4) is 11.6 Å². The van der Waals surface area contributed by atoms with Crippen molar-refractivity contribution >= 4 is 11.9 Å². The van der Waals surface area contributed by atoms with Gasteiger partial charge in [-0.25, -0.2) is 9.07 Å². The van der Waals surface area contributed by atoms with E-state index in [-0.39, 0.29) is 24.6 Å². The molecule has 1 amide bonds. The Morgan fingerprint density at radius 3 is 2.35 bits per heavy atom. The number of amides is 1. The number of hydrogen-bond donors (Lipinski definition) is 3. The number of carbonyl (C=O) groups excluding carboxylic acids is 1. The zero-order chi connectivity index (χ0) is 24.9. The molecule has 0 radical (unpaired) electrons. The Labute approximate surface area is 197 Å². The molecule has 0 fully saturated rings. The molecular weight excluding hydrogens is 441 g/mol. The van der Waals surface area contributed by atoms with Crippen molar-refractivity contribution in [2.75, 3.05) is 6.61 Å². The van der Waals surface area contributed by atoms with Crippen molar-refractivity contribution < 1.29 is 28.9 Å². The van der Waals surface area contributed by atoms with E-state index < -0.39 is 35.3 Å². The molecule has 180 valence electrons. The van der Waals surface area contributed by atoms with Gasteiger partial charge in [0.1, 0.15) is 12.4 Å². The van der Waals surface area contributed by atoms with Crippen molar-refractivity contribution in [3.05, 3.63) is 77.7 Å². The average molecular weight is 470 g/mol. The number of aliphatic hydroxyl groups excluding tert-OH is 1. The number of carboxylic acid groups (broad SMARTS) is 1. The number of nitrogens with one attached hydrogen (secondary N) is 1. The number of carbonyl (C=O) groups is 2. The molecule has 3 rings (SSSR count). The Balaban J connectivity index is 1.89. The van der Waals surface area contributed by atoms with Crippen molar-refractivity contribution in [2.45, 2.75) is 39.3 Å². The summed E-state index contributed by atoms with van der Waals surface area (Å²) >= 11 is 0. The smallest absolute Gasteiger partial charge is 0.305 e. The lowest BCUT2D eigenvalue weighted by Crippen LogP contribution is -2.32. The van der Waals surface area contributed by atoms with Gasteiger partial charge in [-0.1, -0.05) is 51.1 Å². The number of carboxylic acids is 1. The largest absolute Gasteiger partial charge is 0.481 e. The van der Waals surface area contributed by atoms with Crippen molar-refractivity contribution in [1.82, 2.24) is 15.1 Å². The van der Waals surface area contributed by atoms with Crippen LogP contribution in [-0.2, 0) is 4.79 Å². The lowest BCUT2D eigenvalue weighted by molar-refractivity contribution is -0.137. The van der Waals surface area contributed by atoms with Crippen LogP contribution in [0.25, 0.3) is 5.69 Å². The predicted octanol–water partition coefficient (Wildman–Crippen LogP) is 3.74. The Morgan fingerprint density at radius 2 is 1.76 bits per heavy atom. The maximum Gasteiger partial charge on any atom is 0.305 e. The van der Waals surface area contributed by atoms with Gasteiger partial charge < -0.3 is 20.3 Å². The number of rotatable bonds is 9. The highest BCUT2D eigenvalue weighted by Crippen LogP contribution is 2.24. The van der Waals surface area contributed by atoms with Crippen LogP contribution in [0.15, 0.2) is 60.7 Å². The fourth-order valence-electron chi connectivity index (χ4n) is 3.10. The van der Waals surface area contributed by atoms with Gasteiger partial charge in [0.05, 0.1) is 24.3 Å². The molecule has 3 aromatic rings. The number of benzene rings is 2. The van der Waals surface area contributed by atoms with E-state index in [1.165, 1.54) is 35.0 Å². The summed E-state index contributed by atoms with van der Waals surface area (Å²) in [5.41, 5.74) is 0.642. The maximum atomic E-state index is 13.4. The standard InChI is InChI=1S/C25H28FN3O5/c1-25(2,3)21(30)15-34-22-13-20(28-29(22)18-11-9-17(26)10-12-18)24(33)27-19(14-23(31)32)16-7-5-4-6-8-16/h4-13,19,21,30H,14-15H2,1-3H3,(H,27,33)(H,31,32)/t19-,21+/m0/s1. The Bertz CT molecular complexity index is 1120. The lowest BCUT2D eigenvalue weighted by Gasteiger charge is -2.25. The van der Waals surface area contributed by atoms with E-state index in [2.05, 4.69) is 10.4 Å². The normalized spacial score (nSPS) is 13.2. The van der Waals surface area contributed by atoms with Crippen LogP contribution in [0.2, 0.25) is 0 Å². The van der Waals surface area contributed by atoms with Gasteiger partial charge in [0, 0.05) is 6.07 Å². The molecule has 0 saturated carbocycles. The highest BCUT2D eigenvalue weighted by molar-refractivity contribution is 5.93. The first-order valence-corrected chi connectivity index (χ1v) is 10.8. The first-order valence-electron chi connectivity index (χ1n) is 10.8. The monoisotopic (exact) mass is 469 g/mol. The summed E-state index contributed by atoms with van der Waals surface area (Å²) in [5, 5.41) is 26.7. The van der Waals surface area contributed by atoms with Gasteiger partial charge in [-0.2, -0.15) is 5.10 Å². The first kappa shape index (κ1) is 24.9. The van der Waals surface area contributed by atoms with Crippen molar-refractivity contribution in [1.29, 1.82) is 0 Å². The molecule has 9 heteroatoms. The van der Waals surface area contributed by atoms with Crippen LogP contribution >= 0.6 is 0 Å². The Kier molecular flexibility index (Phi) is 7.68.